The van der Waals surface area contributed by atoms with Gasteiger partial charge in [-0.15, -0.1) is 11.6 Å². The molecule has 4 nitrogen and oxygen atoms in total. The molecule has 0 aromatic heterocycles. The van der Waals surface area contributed by atoms with Crippen LogP contribution in [0, 0.1) is 34.6 Å². The summed E-state index contributed by atoms with van der Waals surface area (Å²) in [6.07, 6.45) is 0.388. The van der Waals surface area contributed by atoms with Gasteiger partial charge < -0.3 is 22.0 Å². The smallest absolute Gasteiger partial charge is 0.314 e. The van der Waals surface area contributed by atoms with E-state index in [0.717, 1.165) is 29.6 Å². The number of aliphatic carboxylic acids is 1. The molecule has 1 N–H and O–H groups in total. The number of rotatable bonds is 9. The second-order valence-corrected chi connectivity index (χ2v) is 11.0. The highest BCUT2D eigenvalue weighted by Gasteiger charge is 2.54. The Morgan fingerprint density at radius 2 is 1.32 bits per heavy atom. The summed E-state index contributed by atoms with van der Waals surface area (Å²) in [5.41, 5.74) is -0.310. The van der Waals surface area contributed by atoms with Gasteiger partial charge in [0.05, 0.1) is 37.5 Å². The van der Waals surface area contributed by atoms with Gasteiger partial charge >= 0.3 is 5.97 Å². The number of nitrogens with zero attached hydrogens (tertiary/aromatic N) is 2. The molecule has 0 saturated heterocycles. The number of nitriles is 1. The van der Waals surface area contributed by atoms with Crippen LogP contribution in [0.2, 0.25) is 0 Å². The lowest BCUT2D eigenvalue weighted by molar-refractivity contribution is -0.936. The van der Waals surface area contributed by atoms with Gasteiger partial charge in [-0.05, 0) is 57.9 Å². The number of benzene rings is 3. The zero-order valence-corrected chi connectivity index (χ0v) is 28.2. The molecule has 1 fully saturated rings. The van der Waals surface area contributed by atoms with E-state index >= 15 is 0 Å². The number of hydrogen-bond donors (Lipinski definition) is 1. The molecule has 1 aliphatic rings. The maximum Gasteiger partial charge on any atom is 0.314 e. The van der Waals surface area contributed by atoms with Crippen molar-refractivity contribution < 1.29 is 44.4 Å². The quantitative estimate of drug-likeness (QED) is 0.173. The van der Waals surface area contributed by atoms with Crippen LogP contribution in [0.25, 0.3) is 0 Å². The molecule has 242 valence electrons. The maximum atomic E-state index is 13.2. The molecule has 1 aliphatic carbocycles. The molecule has 0 unspecified atom stereocenters. The average molecular weight is 722 g/mol. The summed E-state index contributed by atoms with van der Waals surface area (Å²) in [6, 6.07) is 19.4. The standard InChI is InChI=1S/C13H22N.C10H8F2O2.C8H5F2N.C2H4BrCl.ClH/c1-4-14(5-2,6-3)12-13-10-8-7-9-11-13;11-6-2-1-3-7(12)8(6)10(4-5-10)9(13)14;9-7-2-1-3-8(10)6(7)4-5-11;3-1-2-4;/h7-11H,4-6,12H2,1-3H3;1-3H,4-5H2,(H,13,14);1-3H,4H2;1-2H2;1H/q+1;;;;/p-1. The minimum atomic E-state index is -1.31. The van der Waals surface area contributed by atoms with E-state index in [1.807, 2.05) is 0 Å². The predicted molar refractivity (Wildman–Crippen MR) is 167 cm³/mol. The van der Waals surface area contributed by atoms with Crippen molar-refractivity contribution in [2.45, 2.75) is 52.0 Å². The summed E-state index contributed by atoms with van der Waals surface area (Å²) in [5, 5.41) is 18.0. The number of carboxylic acids is 1. The molecule has 0 spiro atoms. The minimum absolute atomic E-state index is 0. The fraction of sp³-hybridized carbons (Fsp3) is 0.394. The molecule has 0 aliphatic heterocycles. The van der Waals surface area contributed by atoms with Crippen LogP contribution >= 0.6 is 27.5 Å². The first-order chi connectivity index (χ1) is 20.5. The van der Waals surface area contributed by atoms with E-state index < -0.39 is 34.7 Å². The van der Waals surface area contributed by atoms with Gasteiger partial charge in [0.25, 0.3) is 0 Å². The largest absolute Gasteiger partial charge is 1.00 e. The van der Waals surface area contributed by atoms with E-state index in [2.05, 4.69) is 67.0 Å². The van der Waals surface area contributed by atoms with Gasteiger partial charge in [-0.3, -0.25) is 4.79 Å². The highest BCUT2D eigenvalue weighted by molar-refractivity contribution is 9.09. The van der Waals surface area contributed by atoms with E-state index in [1.165, 1.54) is 48.4 Å². The number of carboxylic acid groups (broad SMARTS) is 1. The highest BCUT2D eigenvalue weighted by atomic mass is 79.9. The van der Waals surface area contributed by atoms with Gasteiger partial charge in [0.2, 0.25) is 0 Å². The average Bonchev–Trinajstić information content (AvgIpc) is 3.81. The van der Waals surface area contributed by atoms with E-state index in [0.29, 0.717) is 18.7 Å². The zero-order valence-electron chi connectivity index (χ0n) is 25.1. The second-order valence-electron chi connectivity index (χ2n) is 9.83. The molecule has 44 heavy (non-hydrogen) atoms. The van der Waals surface area contributed by atoms with Crippen molar-refractivity contribution in [3.8, 4) is 6.07 Å². The Kier molecular flexibility index (Phi) is 19.9. The first-order valence-corrected chi connectivity index (χ1v) is 15.7. The Labute approximate surface area is 277 Å². The van der Waals surface area contributed by atoms with Crippen LogP contribution in [0.4, 0.5) is 17.6 Å². The molecule has 3 aromatic rings. The molecular formula is C33H39BrCl2F4N2O2. The fourth-order valence-corrected chi connectivity index (χ4v) is 4.41. The first kappa shape index (κ1) is 41.4. The highest BCUT2D eigenvalue weighted by Crippen LogP contribution is 2.50. The van der Waals surface area contributed by atoms with Crippen molar-refractivity contribution in [2.24, 2.45) is 0 Å². The topological polar surface area (TPSA) is 61.1 Å². The van der Waals surface area contributed by atoms with Gasteiger partial charge in [-0.1, -0.05) is 58.4 Å². The van der Waals surface area contributed by atoms with Crippen molar-refractivity contribution in [3.63, 3.8) is 0 Å². The van der Waals surface area contributed by atoms with E-state index in [4.69, 9.17) is 22.0 Å². The Morgan fingerprint density at radius 1 is 0.886 bits per heavy atom. The Bertz CT molecular complexity index is 1270. The van der Waals surface area contributed by atoms with Crippen molar-refractivity contribution in [1.82, 2.24) is 0 Å². The van der Waals surface area contributed by atoms with Crippen molar-refractivity contribution >= 4 is 33.5 Å². The van der Waals surface area contributed by atoms with E-state index in [1.54, 1.807) is 6.07 Å². The molecule has 0 atom stereocenters. The SMILES string of the molecule is CC[N+](CC)(CC)Cc1ccccc1.ClCCBr.N#CCc1c(F)cccc1F.O=C(O)C1(c2c(F)cccc2F)CC1.[Cl-]. The van der Waals surface area contributed by atoms with Crippen LogP contribution in [-0.4, -0.2) is 46.4 Å². The molecule has 11 heteroatoms. The van der Waals surface area contributed by atoms with Crippen LogP contribution in [-0.2, 0) is 23.2 Å². The Hall–Kier alpha value is -2.64. The summed E-state index contributed by atoms with van der Waals surface area (Å²) in [4.78, 5) is 10.9. The lowest BCUT2D eigenvalue weighted by Gasteiger charge is -2.35. The number of hydrogen-bond acceptors (Lipinski definition) is 2. The zero-order chi connectivity index (χ0) is 32.5. The molecule has 0 bridgehead atoms. The van der Waals surface area contributed by atoms with Gasteiger partial charge in [-0.2, -0.15) is 5.26 Å². The Balaban J connectivity index is 0.000000591. The third kappa shape index (κ3) is 12.4. The van der Waals surface area contributed by atoms with Gasteiger partial charge in [0.1, 0.15) is 29.8 Å². The molecule has 4 rings (SSSR count). The van der Waals surface area contributed by atoms with E-state index in [-0.39, 0.29) is 30.0 Å². The summed E-state index contributed by atoms with van der Waals surface area (Å²) in [5.74, 6) is -3.31. The van der Waals surface area contributed by atoms with Crippen LogP contribution < -0.4 is 12.4 Å². The van der Waals surface area contributed by atoms with Crippen molar-refractivity contribution in [3.05, 3.63) is 107 Å². The van der Waals surface area contributed by atoms with Crippen LogP contribution in [0.5, 0.6) is 0 Å². The van der Waals surface area contributed by atoms with Crippen molar-refractivity contribution in [2.75, 3.05) is 30.8 Å². The fourth-order valence-electron chi connectivity index (χ4n) is 4.41. The van der Waals surface area contributed by atoms with Gasteiger partial charge in [0.15, 0.2) is 0 Å². The lowest BCUT2D eigenvalue weighted by atomic mass is 9.95. The number of carbonyl (C=O) groups is 1. The Morgan fingerprint density at radius 3 is 1.66 bits per heavy atom. The number of quaternary nitrogens is 1. The van der Waals surface area contributed by atoms with Crippen molar-refractivity contribution in [1.29, 1.82) is 5.26 Å². The minimum Gasteiger partial charge on any atom is -1.00 e. The molecule has 0 heterocycles. The third-order valence-corrected chi connectivity index (χ3v) is 8.40. The molecular weight excluding hydrogens is 683 g/mol. The molecule has 0 amide bonds. The summed E-state index contributed by atoms with van der Waals surface area (Å²) >= 11 is 8.26. The van der Waals surface area contributed by atoms with Crippen LogP contribution in [0.3, 0.4) is 0 Å². The number of alkyl halides is 2. The third-order valence-electron chi connectivity index (χ3n) is 7.36. The molecule has 0 radical (unpaired) electrons. The van der Waals surface area contributed by atoms with Crippen LogP contribution in [0.1, 0.15) is 50.3 Å². The summed E-state index contributed by atoms with van der Waals surface area (Å²) in [6.45, 7) is 11.7. The normalized spacial score (nSPS) is 12.4. The monoisotopic (exact) mass is 720 g/mol. The molecule has 1 saturated carbocycles. The van der Waals surface area contributed by atoms with Gasteiger partial charge in [0, 0.05) is 27.9 Å². The summed E-state index contributed by atoms with van der Waals surface area (Å²) in [7, 11) is 0. The predicted octanol–water partition coefficient (Wildman–Crippen LogP) is 5.80. The van der Waals surface area contributed by atoms with Crippen LogP contribution in [0.15, 0.2) is 66.7 Å². The van der Waals surface area contributed by atoms with Gasteiger partial charge in [-0.25, -0.2) is 17.6 Å². The maximum absolute atomic E-state index is 13.2. The summed E-state index contributed by atoms with van der Waals surface area (Å²) < 4.78 is 53.0. The first-order valence-electron chi connectivity index (χ1n) is 14.0. The van der Waals surface area contributed by atoms with E-state index in [9.17, 15) is 22.4 Å². The lowest BCUT2D eigenvalue weighted by Crippen LogP contribution is -3.00. The second kappa shape index (κ2) is 21.2. The molecule has 3 aromatic carbocycles. The number of halogens is 7.